The third kappa shape index (κ3) is 3.16. The maximum atomic E-state index is 4.92. The Hall–Kier alpha value is -6.44. The molecular weight excluding hydrogens is 544 g/mol. The molecule has 1 aliphatic heterocycles. The molecule has 0 bridgehead atoms. The minimum atomic E-state index is -1.21. The van der Waals surface area contributed by atoms with Gasteiger partial charge in [-0.25, -0.2) is 15.0 Å². The number of benzene rings is 2. The van der Waals surface area contributed by atoms with Gasteiger partial charge >= 0.3 is 0 Å². The predicted molar refractivity (Wildman–Crippen MR) is 159 cm³/mol. The summed E-state index contributed by atoms with van der Waals surface area (Å²) in [7, 11) is 0. The van der Waals surface area contributed by atoms with Crippen molar-refractivity contribution in [3.05, 3.63) is 121 Å². The lowest BCUT2D eigenvalue weighted by atomic mass is 9.83. The fourth-order valence-corrected chi connectivity index (χ4v) is 6.24. The van der Waals surface area contributed by atoms with E-state index in [-0.39, 0.29) is 0 Å². The number of rotatable bonds is 6. The van der Waals surface area contributed by atoms with Gasteiger partial charge in [0, 0.05) is 41.1 Å². The van der Waals surface area contributed by atoms with E-state index in [9.17, 15) is 0 Å². The first-order chi connectivity index (χ1) is 21.3. The molecule has 43 heavy (non-hydrogen) atoms. The molecule has 0 aliphatic carbocycles. The Labute approximate surface area is 241 Å². The number of aromatic amines is 6. The van der Waals surface area contributed by atoms with Gasteiger partial charge in [0.05, 0.1) is 28.9 Å². The molecule has 9 rings (SSSR count). The van der Waals surface area contributed by atoms with Gasteiger partial charge in [-0.05, 0) is 34.9 Å². The summed E-state index contributed by atoms with van der Waals surface area (Å²) in [5.41, 5.74) is 2.80. The number of H-pyrrole nitrogens is 6. The zero-order valence-corrected chi connectivity index (χ0v) is 22.3. The average molecular weight is 567 g/mol. The molecule has 8 aromatic rings. The van der Waals surface area contributed by atoms with Gasteiger partial charge in [0.25, 0.3) is 0 Å². The summed E-state index contributed by atoms with van der Waals surface area (Å²) in [6, 6.07) is 22.4. The second-order valence-electron chi connectivity index (χ2n) is 10.1. The van der Waals surface area contributed by atoms with Gasteiger partial charge in [0.15, 0.2) is 11.4 Å². The van der Waals surface area contributed by atoms with E-state index in [1.807, 2.05) is 60.0 Å². The number of nitrogens with zero attached hydrogens (tertiary/aromatic N) is 8. The molecule has 2 aromatic carbocycles. The van der Waals surface area contributed by atoms with E-state index in [2.05, 4.69) is 91.3 Å². The highest BCUT2D eigenvalue weighted by Crippen LogP contribution is 2.57. The summed E-state index contributed by atoms with van der Waals surface area (Å²) in [5, 5.41) is 34.5. The second kappa shape index (κ2) is 8.78. The van der Waals surface area contributed by atoms with Gasteiger partial charge < -0.3 is 19.9 Å². The van der Waals surface area contributed by atoms with Crippen molar-refractivity contribution in [2.75, 3.05) is 10.0 Å². The number of anilines is 2. The minimum Gasteiger partial charge on any atom is -0.360 e. The van der Waals surface area contributed by atoms with Crippen LogP contribution in [0, 0.1) is 0 Å². The van der Waals surface area contributed by atoms with Gasteiger partial charge in [-0.3, -0.25) is 0 Å². The fourth-order valence-electron chi connectivity index (χ4n) is 6.24. The molecule has 0 saturated heterocycles. The van der Waals surface area contributed by atoms with Crippen molar-refractivity contribution in [2.45, 2.75) is 5.54 Å². The number of hydrogen-bond donors (Lipinski definition) is 6. The summed E-state index contributed by atoms with van der Waals surface area (Å²) in [6.45, 7) is 0. The largest absolute Gasteiger partial charge is 0.360 e. The number of fused-ring (bicyclic) bond motifs is 2. The van der Waals surface area contributed by atoms with Crippen LogP contribution in [0.25, 0.3) is 32.9 Å². The highest BCUT2D eigenvalue weighted by molar-refractivity contribution is 6.09. The summed E-state index contributed by atoms with van der Waals surface area (Å²) >= 11 is 0. The molecule has 1 unspecified atom stereocenters. The zero-order valence-electron chi connectivity index (χ0n) is 22.3. The first-order valence-electron chi connectivity index (χ1n) is 13.6. The van der Waals surface area contributed by atoms with Crippen molar-refractivity contribution >= 4 is 44.6 Å². The highest BCUT2D eigenvalue weighted by Gasteiger charge is 2.60. The Bertz CT molecular complexity index is 2170. The van der Waals surface area contributed by atoms with E-state index in [1.165, 1.54) is 0 Å². The molecule has 1 atom stereocenters. The number of imidazole rings is 1. The van der Waals surface area contributed by atoms with Gasteiger partial charge in [-0.1, -0.05) is 42.5 Å². The quantitative estimate of drug-likeness (QED) is 0.174. The molecule has 14 nitrogen and oxygen atoms in total. The van der Waals surface area contributed by atoms with E-state index in [4.69, 9.17) is 4.98 Å². The van der Waals surface area contributed by atoms with Crippen molar-refractivity contribution in [2.24, 2.45) is 0 Å². The number of para-hydroxylation sites is 1. The standard InChI is InChI=1S/C29H22N14/c1-3-8-19-18(7-1)15-33-27(19)43-29(28-31-12-13-32-28,22-14-17-6-2-4-9-20(17)35-22)24(26-37-40-41-38-26)25(21-10-5-11-30-21)42(43)23-16-34-39-36-23/h1-16,30,33,35H,(H,31,32)(H,34,36,39)(H,37,38,40,41). The predicted octanol–water partition coefficient (Wildman–Crippen LogP) is 4.09. The van der Waals surface area contributed by atoms with Crippen molar-refractivity contribution < 1.29 is 0 Å². The maximum absolute atomic E-state index is 4.92. The molecule has 0 fully saturated rings. The van der Waals surface area contributed by atoms with Crippen molar-refractivity contribution in [3.8, 4) is 0 Å². The Kier molecular flexibility index (Phi) is 4.75. The lowest BCUT2D eigenvalue weighted by Gasteiger charge is -2.42. The Balaban J connectivity index is 1.51. The topological polar surface area (TPSA) is 179 Å². The minimum absolute atomic E-state index is 0.381. The molecular formula is C29H22N14. The first kappa shape index (κ1) is 23.3. The Morgan fingerprint density at radius 2 is 1.72 bits per heavy atom. The number of tetrazole rings is 1. The van der Waals surface area contributed by atoms with Crippen LogP contribution >= 0.6 is 0 Å². The molecule has 6 aromatic heterocycles. The monoisotopic (exact) mass is 566 g/mol. The van der Waals surface area contributed by atoms with E-state index >= 15 is 0 Å². The lowest BCUT2D eigenvalue weighted by Crippen LogP contribution is -2.52. The van der Waals surface area contributed by atoms with E-state index in [0.29, 0.717) is 23.0 Å². The molecule has 7 heterocycles. The normalized spacial score (nSPS) is 17.2. The Morgan fingerprint density at radius 1 is 0.814 bits per heavy atom. The summed E-state index contributed by atoms with van der Waals surface area (Å²) in [6.07, 6.45) is 9.10. The van der Waals surface area contributed by atoms with Crippen LogP contribution in [0.1, 0.15) is 23.0 Å². The Morgan fingerprint density at radius 3 is 2.49 bits per heavy atom. The molecule has 0 saturated carbocycles. The first-order valence-corrected chi connectivity index (χ1v) is 13.6. The van der Waals surface area contributed by atoms with E-state index in [0.717, 1.165) is 44.6 Å². The maximum Gasteiger partial charge on any atom is 0.206 e. The van der Waals surface area contributed by atoms with E-state index in [1.54, 1.807) is 12.4 Å². The second-order valence-corrected chi connectivity index (χ2v) is 10.1. The average Bonchev–Trinajstić information content (AvgIpc) is 3.89. The number of hydrazine groups is 1. The number of nitrogens with one attached hydrogen (secondary N) is 6. The molecule has 208 valence electrons. The van der Waals surface area contributed by atoms with Gasteiger partial charge in [-0.15, -0.1) is 15.3 Å². The summed E-state index contributed by atoms with van der Waals surface area (Å²) in [5.74, 6) is 2.32. The van der Waals surface area contributed by atoms with Crippen LogP contribution in [0.5, 0.6) is 0 Å². The summed E-state index contributed by atoms with van der Waals surface area (Å²) in [4.78, 5) is 19.0. The summed E-state index contributed by atoms with van der Waals surface area (Å²) < 4.78 is 0. The van der Waals surface area contributed by atoms with Crippen LogP contribution in [-0.4, -0.2) is 61.0 Å². The zero-order chi connectivity index (χ0) is 28.4. The van der Waals surface area contributed by atoms with Crippen LogP contribution in [0.3, 0.4) is 0 Å². The van der Waals surface area contributed by atoms with E-state index < -0.39 is 5.54 Å². The molecule has 14 heteroatoms. The fraction of sp³-hybridized carbons (Fsp3) is 0.0345. The van der Waals surface area contributed by atoms with Crippen LogP contribution in [0.4, 0.5) is 11.6 Å². The van der Waals surface area contributed by atoms with Crippen molar-refractivity contribution in [3.63, 3.8) is 0 Å². The van der Waals surface area contributed by atoms with Gasteiger partial charge in [0.1, 0.15) is 11.6 Å². The van der Waals surface area contributed by atoms with Crippen molar-refractivity contribution in [1.29, 1.82) is 0 Å². The number of aromatic nitrogens is 12. The molecule has 6 N–H and O–H groups in total. The van der Waals surface area contributed by atoms with Crippen LogP contribution in [0.2, 0.25) is 0 Å². The molecule has 1 aliphatic rings. The number of hydrogen-bond acceptors (Lipinski definition) is 8. The highest BCUT2D eigenvalue weighted by atomic mass is 15.7. The van der Waals surface area contributed by atoms with Gasteiger partial charge in [0.2, 0.25) is 5.82 Å². The smallest absolute Gasteiger partial charge is 0.206 e. The SMILES string of the molecule is c1c[nH]c(C2=C(c3nn[nH]n3)C(c3cc4ccccc4[nH]3)(c3ncc[nH]3)N(c3[nH]cc4ccccc34)N2c2cn[nH]n2)c1. The van der Waals surface area contributed by atoms with Crippen LogP contribution in [-0.2, 0) is 5.54 Å². The van der Waals surface area contributed by atoms with Crippen molar-refractivity contribution in [1.82, 2.24) is 61.0 Å². The van der Waals surface area contributed by atoms with Gasteiger partial charge in [-0.2, -0.15) is 15.5 Å². The van der Waals surface area contributed by atoms with Crippen LogP contribution < -0.4 is 10.0 Å². The molecule has 0 radical (unpaired) electrons. The molecule has 0 spiro atoms. The molecule has 0 amide bonds. The third-order valence-electron chi connectivity index (χ3n) is 7.92. The lowest BCUT2D eigenvalue weighted by molar-refractivity contribution is 0.574. The van der Waals surface area contributed by atoms with Crippen LogP contribution in [0.15, 0.2) is 97.7 Å². The third-order valence-corrected chi connectivity index (χ3v) is 7.92.